The Morgan fingerprint density at radius 2 is 1.85 bits per heavy atom. The van der Waals surface area contributed by atoms with Gasteiger partial charge in [-0.1, -0.05) is 36.0 Å². The molecule has 0 saturated heterocycles. The third-order valence-electron chi connectivity index (χ3n) is 4.93. The number of rotatable bonds is 7. The lowest BCUT2D eigenvalue weighted by atomic mass is 10.1. The van der Waals surface area contributed by atoms with Crippen molar-refractivity contribution in [2.45, 2.75) is 11.9 Å². The highest BCUT2D eigenvalue weighted by Gasteiger charge is 2.16. The van der Waals surface area contributed by atoms with Crippen molar-refractivity contribution < 1.29 is 19.1 Å². The number of benzene rings is 2. The minimum atomic E-state index is -0.507. The van der Waals surface area contributed by atoms with E-state index in [2.05, 4.69) is 15.4 Å². The number of para-hydroxylation sites is 1. The lowest BCUT2D eigenvalue weighted by molar-refractivity contribution is -0.113. The molecule has 0 aliphatic rings. The Balaban J connectivity index is 1.54. The number of carbonyl (C=O) groups excluding carboxylic acids is 2. The van der Waals surface area contributed by atoms with Gasteiger partial charge in [-0.05, 0) is 42.8 Å². The molecular formula is C24H22N4O4S. The molecule has 1 N–H and O–H groups in total. The number of thioether (sulfide) groups is 1. The molecule has 0 spiro atoms. The van der Waals surface area contributed by atoms with E-state index in [4.69, 9.17) is 9.47 Å². The number of hydrogen-bond acceptors (Lipinski definition) is 7. The van der Waals surface area contributed by atoms with Crippen LogP contribution in [0.1, 0.15) is 16.1 Å². The monoisotopic (exact) mass is 462 g/mol. The van der Waals surface area contributed by atoms with Crippen molar-refractivity contribution in [1.82, 2.24) is 14.6 Å². The Morgan fingerprint density at radius 3 is 2.58 bits per heavy atom. The number of fused-ring (bicyclic) bond motifs is 1. The average Bonchev–Trinajstić information content (AvgIpc) is 3.26. The molecule has 0 aliphatic heterocycles. The zero-order valence-electron chi connectivity index (χ0n) is 18.4. The summed E-state index contributed by atoms with van der Waals surface area (Å²) < 4.78 is 11.7. The van der Waals surface area contributed by atoms with E-state index in [0.29, 0.717) is 16.9 Å². The lowest BCUT2D eigenvalue weighted by Crippen LogP contribution is -2.17. The van der Waals surface area contributed by atoms with Gasteiger partial charge >= 0.3 is 5.97 Å². The molecule has 2 aromatic heterocycles. The summed E-state index contributed by atoms with van der Waals surface area (Å²) in [4.78, 5) is 29.2. The van der Waals surface area contributed by atoms with E-state index in [1.54, 1.807) is 42.1 Å². The van der Waals surface area contributed by atoms with E-state index >= 15 is 0 Å². The van der Waals surface area contributed by atoms with Crippen LogP contribution < -0.4 is 10.1 Å². The highest BCUT2D eigenvalue weighted by Crippen LogP contribution is 2.29. The maximum atomic E-state index is 12.6. The third kappa shape index (κ3) is 4.83. The number of methoxy groups -OCH3 is 2. The van der Waals surface area contributed by atoms with E-state index in [-0.39, 0.29) is 11.7 Å². The number of hydrogen-bond donors (Lipinski definition) is 1. The van der Waals surface area contributed by atoms with Gasteiger partial charge in [0.05, 0.1) is 37.4 Å². The largest absolute Gasteiger partial charge is 0.497 e. The van der Waals surface area contributed by atoms with Crippen molar-refractivity contribution in [3.8, 4) is 16.9 Å². The van der Waals surface area contributed by atoms with Gasteiger partial charge in [-0.3, -0.25) is 4.79 Å². The van der Waals surface area contributed by atoms with Crippen LogP contribution in [0.3, 0.4) is 0 Å². The molecular weight excluding hydrogens is 440 g/mol. The number of aryl methyl sites for hydroxylation is 1. The first kappa shape index (κ1) is 22.3. The van der Waals surface area contributed by atoms with E-state index in [1.165, 1.54) is 18.9 Å². The van der Waals surface area contributed by atoms with Gasteiger partial charge in [0.15, 0.2) is 5.65 Å². The second kappa shape index (κ2) is 9.74. The van der Waals surface area contributed by atoms with Crippen molar-refractivity contribution in [2.75, 3.05) is 25.3 Å². The number of anilines is 1. The molecule has 2 aromatic carbocycles. The quantitative estimate of drug-likeness (QED) is 0.249. The maximum Gasteiger partial charge on any atom is 0.339 e. The SMILES string of the molecule is COC(=O)c1ccccc1NC(=O)CSc1cc(C)nc2c(-c3ccc(OC)cc3)cnn12. The summed E-state index contributed by atoms with van der Waals surface area (Å²) in [5, 5.41) is 8.07. The number of nitrogens with one attached hydrogen (secondary N) is 1. The summed E-state index contributed by atoms with van der Waals surface area (Å²) in [7, 11) is 2.93. The summed E-state index contributed by atoms with van der Waals surface area (Å²) in [6.07, 6.45) is 1.76. The molecule has 0 unspecified atom stereocenters. The summed E-state index contributed by atoms with van der Waals surface area (Å²) in [6, 6.07) is 16.3. The smallest absolute Gasteiger partial charge is 0.339 e. The fraction of sp³-hybridized carbons (Fsp3) is 0.167. The van der Waals surface area contributed by atoms with Gasteiger partial charge in [0.2, 0.25) is 5.91 Å². The summed E-state index contributed by atoms with van der Waals surface area (Å²) in [5.41, 5.74) is 4.09. The molecule has 9 heteroatoms. The Bertz CT molecular complexity index is 1320. The fourth-order valence-corrected chi connectivity index (χ4v) is 4.19. The van der Waals surface area contributed by atoms with Gasteiger partial charge < -0.3 is 14.8 Å². The van der Waals surface area contributed by atoms with Crippen LogP contribution in [0, 0.1) is 6.92 Å². The second-order valence-electron chi connectivity index (χ2n) is 7.13. The molecule has 1 amide bonds. The van der Waals surface area contributed by atoms with Gasteiger partial charge in [-0.25, -0.2) is 14.3 Å². The first-order valence-corrected chi connectivity index (χ1v) is 11.1. The van der Waals surface area contributed by atoms with Crippen molar-refractivity contribution in [1.29, 1.82) is 0 Å². The van der Waals surface area contributed by atoms with Crippen LogP contribution in [0.2, 0.25) is 0 Å². The molecule has 0 bridgehead atoms. The van der Waals surface area contributed by atoms with Crippen LogP contribution in [-0.2, 0) is 9.53 Å². The Morgan fingerprint density at radius 1 is 1.09 bits per heavy atom. The summed E-state index contributed by atoms with van der Waals surface area (Å²) in [5.74, 6) is 0.149. The second-order valence-corrected chi connectivity index (χ2v) is 8.13. The van der Waals surface area contributed by atoms with Crippen molar-refractivity contribution in [3.05, 3.63) is 72.1 Å². The molecule has 4 aromatic rings. The molecule has 0 atom stereocenters. The molecule has 4 rings (SSSR count). The fourth-order valence-electron chi connectivity index (χ4n) is 3.33. The van der Waals surface area contributed by atoms with Crippen LogP contribution in [-0.4, -0.2) is 46.4 Å². The van der Waals surface area contributed by atoms with Crippen molar-refractivity contribution in [2.24, 2.45) is 0 Å². The molecule has 0 radical (unpaired) electrons. The topological polar surface area (TPSA) is 94.8 Å². The summed E-state index contributed by atoms with van der Waals surface area (Å²) >= 11 is 1.34. The van der Waals surface area contributed by atoms with Gasteiger partial charge in [-0.15, -0.1) is 0 Å². The number of amides is 1. The Kier molecular flexibility index (Phi) is 6.60. The first-order chi connectivity index (χ1) is 16.0. The highest BCUT2D eigenvalue weighted by atomic mass is 32.2. The predicted octanol–water partition coefficient (Wildman–Crippen LogP) is 4.23. The molecule has 33 heavy (non-hydrogen) atoms. The Hall–Kier alpha value is -3.85. The zero-order valence-corrected chi connectivity index (χ0v) is 19.2. The van der Waals surface area contributed by atoms with E-state index < -0.39 is 5.97 Å². The molecule has 8 nitrogen and oxygen atoms in total. The molecule has 0 saturated carbocycles. The average molecular weight is 463 g/mol. The number of esters is 1. The van der Waals surface area contributed by atoms with Gasteiger partial charge in [-0.2, -0.15) is 5.10 Å². The van der Waals surface area contributed by atoms with Gasteiger partial charge in [0.1, 0.15) is 10.8 Å². The molecule has 0 fully saturated rings. The van der Waals surface area contributed by atoms with Crippen LogP contribution in [0.15, 0.2) is 65.8 Å². The number of nitrogens with zero attached hydrogens (tertiary/aromatic N) is 3. The van der Waals surface area contributed by atoms with E-state index in [0.717, 1.165) is 27.6 Å². The molecule has 168 valence electrons. The number of carbonyl (C=O) groups is 2. The highest BCUT2D eigenvalue weighted by molar-refractivity contribution is 7.99. The van der Waals surface area contributed by atoms with Gasteiger partial charge in [0, 0.05) is 11.3 Å². The zero-order chi connectivity index (χ0) is 23.4. The van der Waals surface area contributed by atoms with E-state index in [9.17, 15) is 9.59 Å². The van der Waals surface area contributed by atoms with Crippen LogP contribution in [0.25, 0.3) is 16.8 Å². The first-order valence-electron chi connectivity index (χ1n) is 10.1. The normalized spacial score (nSPS) is 10.8. The van der Waals surface area contributed by atoms with Gasteiger partial charge in [0.25, 0.3) is 0 Å². The van der Waals surface area contributed by atoms with Crippen LogP contribution in [0.5, 0.6) is 5.75 Å². The number of aromatic nitrogens is 3. The Labute approximate surface area is 194 Å². The predicted molar refractivity (Wildman–Crippen MR) is 127 cm³/mol. The van der Waals surface area contributed by atoms with Crippen molar-refractivity contribution >= 4 is 35.0 Å². The molecule has 2 heterocycles. The standard InChI is InChI=1S/C24H22N4O4S/c1-15-12-22(33-14-21(29)27-20-7-5-4-6-18(20)24(30)32-3)28-23(26-15)19(13-25-28)16-8-10-17(31-2)11-9-16/h4-13H,14H2,1-3H3,(H,27,29). The van der Waals surface area contributed by atoms with Crippen molar-refractivity contribution in [3.63, 3.8) is 0 Å². The van der Waals surface area contributed by atoms with E-state index in [1.807, 2.05) is 37.3 Å². The lowest BCUT2D eigenvalue weighted by Gasteiger charge is -2.10. The maximum absolute atomic E-state index is 12.6. The third-order valence-corrected chi connectivity index (χ3v) is 5.92. The minimum Gasteiger partial charge on any atom is -0.497 e. The van der Waals surface area contributed by atoms with Crippen LogP contribution in [0.4, 0.5) is 5.69 Å². The number of ether oxygens (including phenoxy) is 2. The molecule has 0 aliphatic carbocycles. The minimum absolute atomic E-state index is 0.131. The summed E-state index contributed by atoms with van der Waals surface area (Å²) in [6.45, 7) is 1.90. The van der Waals surface area contributed by atoms with Crippen LogP contribution >= 0.6 is 11.8 Å².